The van der Waals surface area contributed by atoms with Crippen molar-refractivity contribution < 1.29 is 14.3 Å². The molecular formula is C14H20O3. The molecule has 0 fully saturated rings. The average molecular weight is 236 g/mol. The number of hydrogen-bond donors (Lipinski definition) is 0. The fourth-order valence-electron chi connectivity index (χ4n) is 1.47. The third kappa shape index (κ3) is 5.95. The quantitative estimate of drug-likeness (QED) is 0.539. The Bertz CT molecular complexity index is 330. The lowest BCUT2D eigenvalue weighted by Gasteiger charge is -2.06. The van der Waals surface area contributed by atoms with E-state index in [1.165, 1.54) is 12.7 Å². The van der Waals surface area contributed by atoms with Crippen molar-refractivity contribution in [2.75, 3.05) is 13.7 Å². The van der Waals surface area contributed by atoms with E-state index in [9.17, 15) is 4.79 Å². The van der Waals surface area contributed by atoms with Gasteiger partial charge in [0, 0.05) is 6.42 Å². The number of unbranched alkanes of at least 4 members (excludes halogenated alkanes) is 2. The topological polar surface area (TPSA) is 35.5 Å². The van der Waals surface area contributed by atoms with E-state index in [-0.39, 0.29) is 5.97 Å². The first kappa shape index (κ1) is 13.6. The Morgan fingerprint density at radius 3 is 2.47 bits per heavy atom. The molecule has 3 nitrogen and oxygen atoms in total. The van der Waals surface area contributed by atoms with Crippen LogP contribution < -0.4 is 4.74 Å². The Balaban J connectivity index is 2.04. The minimum absolute atomic E-state index is 0.135. The predicted molar refractivity (Wildman–Crippen MR) is 67.2 cm³/mol. The molecule has 3 heteroatoms. The van der Waals surface area contributed by atoms with Crippen LogP contribution in [0.5, 0.6) is 5.75 Å². The second kappa shape index (κ2) is 7.71. The van der Waals surface area contributed by atoms with E-state index in [0.717, 1.165) is 25.0 Å². The van der Waals surface area contributed by atoms with Crippen molar-refractivity contribution in [1.82, 2.24) is 0 Å². The second-order valence-corrected chi connectivity index (χ2v) is 4.05. The minimum atomic E-state index is -0.135. The highest BCUT2D eigenvalue weighted by atomic mass is 16.5. The van der Waals surface area contributed by atoms with Gasteiger partial charge in [0.2, 0.25) is 0 Å². The Hall–Kier alpha value is -1.51. The van der Waals surface area contributed by atoms with E-state index < -0.39 is 0 Å². The zero-order valence-electron chi connectivity index (χ0n) is 10.6. The summed E-state index contributed by atoms with van der Waals surface area (Å²) in [7, 11) is 1.42. The number of rotatable bonds is 7. The summed E-state index contributed by atoms with van der Waals surface area (Å²) in [4.78, 5) is 10.8. The standard InChI is InChI=1S/C14H20O3/c1-12-7-9-13(10-8-12)17-11-5-3-4-6-14(15)16-2/h7-10H,3-6,11H2,1-2H3. The first-order chi connectivity index (χ1) is 8.22. The maximum absolute atomic E-state index is 10.8. The second-order valence-electron chi connectivity index (χ2n) is 4.05. The zero-order valence-corrected chi connectivity index (χ0v) is 10.6. The van der Waals surface area contributed by atoms with Crippen molar-refractivity contribution in [3.63, 3.8) is 0 Å². The van der Waals surface area contributed by atoms with Crippen LogP contribution in [0.1, 0.15) is 31.2 Å². The Morgan fingerprint density at radius 1 is 1.12 bits per heavy atom. The fraction of sp³-hybridized carbons (Fsp3) is 0.500. The van der Waals surface area contributed by atoms with Gasteiger partial charge in [0.1, 0.15) is 5.75 Å². The van der Waals surface area contributed by atoms with Crippen molar-refractivity contribution in [2.45, 2.75) is 32.6 Å². The third-order valence-corrected chi connectivity index (χ3v) is 2.54. The van der Waals surface area contributed by atoms with Gasteiger partial charge in [-0.3, -0.25) is 4.79 Å². The molecule has 0 aromatic heterocycles. The average Bonchev–Trinajstić information content (AvgIpc) is 2.35. The zero-order chi connectivity index (χ0) is 12.5. The lowest BCUT2D eigenvalue weighted by molar-refractivity contribution is -0.140. The highest BCUT2D eigenvalue weighted by molar-refractivity contribution is 5.68. The summed E-state index contributed by atoms with van der Waals surface area (Å²) < 4.78 is 10.1. The van der Waals surface area contributed by atoms with E-state index in [1.807, 2.05) is 24.3 Å². The summed E-state index contributed by atoms with van der Waals surface area (Å²) in [6.07, 6.45) is 3.32. The number of methoxy groups -OCH3 is 1. The van der Waals surface area contributed by atoms with E-state index in [1.54, 1.807) is 0 Å². The van der Waals surface area contributed by atoms with E-state index in [4.69, 9.17) is 4.74 Å². The van der Waals surface area contributed by atoms with Crippen LogP contribution in [0.25, 0.3) is 0 Å². The normalized spacial score (nSPS) is 10.0. The number of carbonyl (C=O) groups is 1. The van der Waals surface area contributed by atoms with Crippen LogP contribution in [0.2, 0.25) is 0 Å². The summed E-state index contributed by atoms with van der Waals surface area (Å²) >= 11 is 0. The molecule has 0 amide bonds. The Morgan fingerprint density at radius 2 is 1.82 bits per heavy atom. The molecule has 0 aliphatic carbocycles. The van der Waals surface area contributed by atoms with E-state index in [0.29, 0.717) is 13.0 Å². The number of carbonyl (C=O) groups excluding carboxylic acids is 1. The van der Waals surface area contributed by atoms with Gasteiger partial charge in [0.05, 0.1) is 13.7 Å². The van der Waals surface area contributed by atoms with Crippen LogP contribution in [0.3, 0.4) is 0 Å². The molecule has 0 atom stereocenters. The van der Waals surface area contributed by atoms with Gasteiger partial charge in [0.15, 0.2) is 0 Å². The Kier molecular flexibility index (Phi) is 6.15. The molecule has 94 valence electrons. The monoisotopic (exact) mass is 236 g/mol. The van der Waals surface area contributed by atoms with Crippen LogP contribution in [0, 0.1) is 6.92 Å². The van der Waals surface area contributed by atoms with Gasteiger partial charge < -0.3 is 9.47 Å². The number of ether oxygens (including phenoxy) is 2. The Labute approximate surface area is 103 Å². The molecule has 17 heavy (non-hydrogen) atoms. The molecule has 1 aromatic rings. The van der Waals surface area contributed by atoms with E-state index >= 15 is 0 Å². The molecule has 0 saturated carbocycles. The molecule has 0 unspecified atom stereocenters. The van der Waals surface area contributed by atoms with Gasteiger partial charge in [-0.25, -0.2) is 0 Å². The highest BCUT2D eigenvalue weighted by Gasteiger charge is 1.99. The molecule has 0 spiro atoms. The lowest BCUT2D eigenvalue weighted by atomic mass is 10.2. The molecule has 0 heterocycles. The summed E-state index contributed by atoms with van der Waals surface area (Å²) in [6.45, 7) is 2.75. The molecule has 0 aliphatic heterocycles. The number of aryl methyl sites for hydroxylation is 1. The number of esters is 1. The van der Waals surface area contributed by atoms with Gasteiger partial charge in [-0.15, -0.1) is 0 Å². The smallest absolute Gasteiger partial charge is 0.305 e. The van der Waals surface area contributed by atoms with Crippen LogP contribution in [-0.2, 0) is 9.53 Å². The molecule has 0 radical (unpaired) electrons. The molecule has 0 bridgehead atoms. The van der Waals surface area contributed by atoms with Gasteiger partial charge in [-0.05, 0) is 38.3 Å². The summed E-state index contributed by atoms with van der Waals surface area (Å²) in [5.41, 5.74) is 1.23. The lowest BCUT2D eigenvalue weighted by Crippen LogP contribution is -2.01. The van der Waals surface area contributed by atoms with Gasteiger partial charge in [-0.1, -0.05) is 17.7 Å². The first-order valence-corrected chi connectivity index (χ1v) is 5.98. The maximum Gasteiger partial charge on any atom is 0.305 e. The maximum atomic E-state index is 10.8. The molecular weight excluding hydrogens is 216 g/mol. The van der Waals surface area contributed by atoms with Crippen LogP contribution in [0.4, 0.5) is 0 Å². The number of hydrogen-bond acceptors (Lipinski definition) is 3. The van der Waals surface area contributed by atoms with E-state index in [2.05, 4.69) is 11.7 Å². The summed E-state index contributed by atoms with van der Waals surface area (Å²) in [5.74, 6) is 0.771. The highest BCUT2D eigenvalue weighted by Crippen LogP contribution is 2.12. The van der Waals surface area contributed by atoms with Crippen molar-refractivity contribution >= 4 is 5.97 Å². The van der Waals surface area contributed by atoms with Crippen LogP contribution in [0.15, 0.2) is 24.3 Å². The van der Waals surface area contributed by atoms with Crippen molar-refractivity contribution in [3.8, 4) is 5.75 Å². The first-order valence-electron chi connectivity index (χ1n) is 5.98. The van der Waals surface area contributed by atoms with Gasteiger partial charge in [0.25, 0.3) is 0 Å². The molecule has 0 aliphatic rings. The molecule has 1 aromatic carbocycles. The fourth-order valence-corrected chi connectivity index (χ4v) is 1.47. The molecule has 1 rings (SSSR count). The van der Waals surface area contributed by atoms with Crippen LogP contribution in [-0.4, -0.2) is 19.7 Å². The van der Waals surface area contributed by atoms with Gasteiger partial charge >= 0.3 is 5.97 Å². The SMILES string of the molecule is COC(=O)CCCCCOc1ccc(C)cc1. The largest absolute Gasteiger partial charge is 0.494 e. The predicted octanol–water partition coefficient (Wildman–Crippen LogP) is 3.11. The van der Waals surface area contributed by atoms with Crippen LogP contribution >= 0.6 is 0 Å². The van der Waals surface area contributed by atoms with Gasteiger partial charge in [-0.2, -0.15) is 0 Å². The number of benzene rings is 1. The van der Waals surface area contributed by atoms with Crippen molar-refractivity contribution in [1.29, 1.82) is 0 Å². The summed E-state index contributed by atoms with van der Waals surface area (Å²) in [6, 6.07) is 8.02. The molecule has 0 saturated heterocycles. The minimum Gasteiger partial charge on any atom is -0.494 e. The molecule has 0 N–H and O–H groups in total. The van der Waals surface area contributed by atoms with Crippen molar-refractivity contribution in [2.24, 2.45) is 0 Å². The summed E-state index contributed by atoms with van der Waals surface area (Å²) in [5, 5.41) is 0. The van der Waals surface area contributed by atoms with Crippen molar-refractivity contribution in [3.05, 3.63) is 29.8 Å². The third-order valence-electron chi connectivity index (χ3n) is 2.54.